The van der Waals surface area contributed by atoms with E-state index in [-0.39, 0.29) is 12.0 Å². The molecule has 1 aliphatic heterocycles. The van der Waals surface area contributed by atoms with Gasteiger partial charge in [0.1, 0.15) is 11.6 Å². The van der Waals surface area contributed by atoms with Crippen LogP contribution in [0.5, 0.6) is 5.75 Å². The molecule has 2 aromatic rings. The van der Waals surface area contributed by atoms with E-state index < -0.39 is 0 Å². The standard InChI is InChI=1S/C20H23N3O2/c1-25-18-4-2-16(3-5-18)13-20(15-24)7-10-23(11-8-20)19-12-17(14-21)6-9-22-19/h2-6,9,12,24H,7-8,10-11,13,15H2,1H3. The summed E-state index contributed by atoms with van der Waals surface area (Å²) in [6.07, 6.45) is 4.33. The Hall–Kier alpha value is -2.58. The third-order valence-corrected chi connectivity index (χ3v) is 5.10. The number of nitriles is 1. The zero-order chi connectivity index (χ0) is 17.7. The van der Waals surface area contributed by atoms with E-state index >= 15 is 0 Å². The number of aliphatic hydroxyl groups is 1. The molecule has 5 nitrogen and oxygen atoms in total. The molecule has 130 valence electrons. The van der Waals surface area contributed by atoms with Gasteiger partial charge in [0, 0.05) is 31.3 Å². The van der Waals surface area contributed by atoms with Crippen molar-refractivity contribution in [1.29, 1.82) is 5.26 Å². The highest BCUT2D eigenvalue weighted by Gasteiger charge is 2.34. The molecule has 0 unspecified atom stereocenters. The van der Waals surface area contributed by atoms with Gasteiger partial charge in [0.15, 0.2) is 0 Å². The van der Waals surface area contributed by atoms with Crippen LogP contribution in [0.3, 0.4) is 0 Å². The minimum absolute atomic E-state index is 0.0993. The minimum Gasteiger partial charge on any atom is -0.497 e. The van der Waals surface area contributed by atoms with Crippen LogP contribution in [-0.2, 0) is 6.42 Å². The number of ether oxygens (including phenoxy) is 1. The summed E-state index contributed by atoms with van der Waals surface area (Å²) in [7, 11) is 1.66. The Morgan fingerprint density at radius 3 is 2.56 bits per heavy atom. The Bertz CT molecular complexity index is 744. The van der Waals surface area contributed by atoms with Crippen LogP contribution in [0.1, 0.15) is 24.0 Å². The first-order valence-corrected chi connectivity index (χ1v) is 8.53. The molecule has 1 aromatic heterocycles. The molecule has 1 saturated heterocycles. The number of piperidine rings is 1. The van der Waals surface area contributed by atoms with Gasteiger partial charge in [-0.25, -0.2) is 4.98 Å². The Morgan fingerprint density at radius 1 is 1.24 bits per heavy atom. The first kappa shape index (κ1) is 17.2. The smallest absolute Gasteiger partial charge is 0.129 e. The number of rotatable bonds is 5. The fourth-order valence-electron chi connectivity index (χ4n) is 3.44. The molecule has 25 heavy (non-hydrogen) atoms. The number of hydrogen-bond acceptors (Lipinski definition) is 5. The minimum atomic E-state index is -0.0993. The van der Waals surface area contributed by atoms with Crippen LogP contribution in [0, 0.1) is 16.7 Å². The van der Waals surface area contributed by atoms with E-state index in [0.717, 1.165) is 43.9 Å². The summed E-state index contributed by atoms with van der Waals surface area (Å²) in [6, 6.07) is 13.8. The fraction of sp³-hybridized carbons (Fsp3) is 0.400. The van der Waals surface area contributed by atoms with Crippen molar-refractivity contribution >= 4 is 5.82 Å². The van der Waals surface area contributed by atoms with Gasteiger partial charge in [0.25, 0.3) is 0 Å². The van der Waals surface area contributed by atoms with Crippen LogP contribution in [0.2, 0.25) is 0 Å². The number of pyridine rings is 1. The third-order valence-electron chi connectivity index (χ3n) is 5.10. The van der Waals surface area contributed by atoms with Gasteiger partial charge < -0.3 is 14.7 Å². The highest BCUT2D eigenvalue weighted by atomic mass is 16.5. The van der Waals surface area contributed by atoms with Crippen LogP contribution in [0.15, 0.2) is 42.6 Å². The fourth-order valence-corrected chi connectivity index (χ4v) is 3.44. The lowest BCUT2D eigenvalue weighted by molar-refractivity contribution is 0.0961. The SMILES string of the molecule is COc1ccc(CC2(CO)CCN(c3cc(C#N)ccn3)CC2)cc1. The van der Waals surface area contributed by atoms with Gasteiger partial charge in [-0.3, -0.25) is 0 Å². The summed E-state index contributed by atoms with van der Waals surface area (Å²) in [6.45, 7) is 1.84. The van der Waals surface area contributed by atoms with Gasteiger partial charge in [-0.2, -0.15) is 5.26 Å². The van der Waals surface area contributed by atoms with Gasteiger partial charge >= 0.3 is 0 Å². The molecule has 0 amide bonds. The monoisotopic (exact) mass is 337 g/mol. The summed E-state index contributed by atoms with van der Waals surface area (Å²) in [4.78, 5) is 6.58. The highest BCUT2D eigenvalue weighted by Crippen LogP contribution is 2.36. The zero-order valence-electron chi connectivity index (χ0n) is 14.5. The van der Waals surface area contributed by atoms with Crippen LogP contribution < -0.4 is 9.64 Å². The van der Waals surface area contributed by atoms with Crippen molar-refractivity contribution in [3.8, 4) is 11.8 Å². The Morgan fingerprint density at radius 2 is 1.96 bits per heavy atom. The number of anilines is 1. The number of methoxy groups -OCH3 is 1. The van der Waals surface area contributed by atoms with E-state index in [1.54, 1.807) is 19.4 Å². The second-order valence-electron chi connectivity index (χ2n) is 6.68. The van der Waals surface area contributed by atoms with E-state index in [1.807, 2.05) is 18.2 Å². The molecule has 0 atom stereocenters. The van der Waals surface area contributed by atoms with Crippen molar-refractivity contribution in [2.24, 2.45) is 5.41 Å². The number of benzene rings is 1. The molecule has 0 radical (unpaired) electrons. The van der Waals surface area contributed by atoms with E-state index in [9.17, 15) is 5.11 Å². The molecule has 0 spiro atoms. The first-order chi connectivity index (χ1) is 12.2. The zero-order valence-corrected chi connectivity index (χ0v) is 14.5. The Labute approximate surface area is 148 Å². The van der Waals surface area contributed by atoms with E-state index in [0.29, 0.717) is 5.56 Å². The summed E-state index contributed by atoms with van der Waals surface area (Å²) < 4.78 is 5.21. The largest absolute Gasteiger partial charge is 0.497 e. The predicted molar refractivity (Wildman–Crippen MR) is 96.6 cm³/mol. The molecule has 1 aromatic carbocycles. The molecule has 5 heteroatoms. The van der Waals surface area contributed by atoms with Crippen molar-refractivity contribution in [3.63, 3.8) is 0 Å². The lowest BCUT2D eigenvalue weighted by Gasteiger charge is -2.41. The van der Waals surface area contributed by atoms with Crippen LogP contribution in [0.25, 0.3) is 0 Å². The predicted octanol–water partition coefficient (Wildman–Crippen LogP) is 2.78. The molecule has 0 saturated carbocycles. The molecule has 2 heterocycles. The molecular formula is C20H23N3O2. The molecule has 3 rings (SSSR count). The van der Waals surface area contributed by atoms with E-state index in [1.165, 1.54) is 5.56 Å². The second-order valence-corrected chi connectivity index (χ2v) is 6.68. The Balaban J connectivity index is 1.68. The number of aliphatic hydroxyl groups excluding tert-OH is 1. The van der Waals surface area contributed by atoms with Crippen molar-refractivity contribution in [2.75, 3.05) is 31.7 Å². The van der Waals surface area contributed by atoms with Crippen molar-refractivity contribution < 1.29 is 9.84 Å². The number of hydrogen-bond donors (Lipinski definition) is 1. The summed E-state index contributed by atoms with van der Waals surface area (Å²) in [5.74, 6) is 1.69. The maximum atomic E-state index is 10.0. The average molecular weight is 337 g/mol. The van der Waals surface area contributed by atoms with Gasteiger partial charge in [-0.1, -0.05) is 12.1 Å². The molecule has 1 fully saturated rings. The summed E-state index contributed by atoms with van der Waals surface area (Å²) in [5, 5.41) is 19.1. The normalized spacial score (nSPS) is 16.3. The molecular weight excluding hydrogens is 314 g/mol. The van der Waals surface area contributed by atoms with Gasteiger partial charge in [0.2, 0.25) is 0 Å². The van der Waals surface area contributed by atoms with Gasteiger partial charge in [-0.05, 0) is 49.1 Å². The summed E-state index contributed by atoms with van der Waals surface area (Å²) >= 11 is 0. The Kier molecular flexibility index (Phi) is 5.20. The van der Waals surface area contributed by atoms with E-state index in [4.69, 9.17) is 10.00 Å². The second kappa shape index (κ2) is 7.54. The molecule has 0 aliphatic carbocycles. The number of aromatic nitrogens is 1. The van der Waals surface area contributed by atoms with Crippen LogP contribution >= 0.6 is 0 Å². The maximum absolute atomic E-state index is 10.0. The lowest BCUT2D eigenvalue weighted by Crippen LogP contribution is -2.43. The number of nitrogens with zero attached hydrogens (tertiary/aromatic N) is 3. The molecule has 1 N–H and O–H groups in total. The highest BCUT2D eigenvalue weighted by molar-refractivity contribution is 5.45. The average Bonchev–Trinajstić information content (AvgIpc) is 2.69. The van der Waals surface area contributed by atoms with Crippen molar-refractivity contribution in [2.45, 2.75) is 19.3 Å². The molecule has 1 aliphatic rings. The lowest BCUT2D eigenvalue weighted by atomic mass is 9.74. The van der Waals surface area contributed by atoms with Gasteiger partial charge in [0.05, 0.1) is 18.7 Å². The maximum Gasteiger partial charge on any atom is 0.129 e. The summed E-state index contributed by atoms with van der Waals surface area (Å²) in [5.41, 5.74) is 1.74. The van der Waals surface area contributed by atoms with Gasteiger partial charge in [-0.15, -0.1) is 0 Å². The first-order valence-electron chi connectivity index (χ1n) is 8.53. The quantitative estimate of drug-likeness (QED) is 0.908. The van der Waals surface area contributed by atoms with Crippen LogP contribution in [-0.4, -0.2) is 36.9 Å². The van der Waals surface area contributed by atoms with Crippen molar-refractivity contribution in [1.82, 2.24) is 4.98 Å². The van der Waals surface area contributed by atoms with E-state index in [2.05, 4.69) is 28.1 Å². The van der Waals surface area contributed by atoms with Crippen molar-refractivity contribution in [3.05, 3.63) is 53.7 Å². The third kappa shape index (κ3) is 3.92. The topological polar surface area (TPSA) is 69.4 Å². The molecule has 0 bridgehead atoms. The van der Waals surface area contributed by atoms with Crippen LogP contribution in [0.4, 0.5) is 5.82 Å².